The Kier molecular flexibility index (Phi) is 11.9. The largest absolute Gasteiger partial charge is 0.473 e. The van der Waals surface area contributed by atoms with Gasteiger partial charge < -0.3 is 25.2 Å². The fourth-order valence-corrected chi connectivity index (χ4v) is 5.01. The third kappa shape index (κ3) is 8.92. The van der Waals surface area contributed by atoms with Crippen LogP contribution in [0.1, 0.15) is 54.3 Å². The van der Waals surface area contributed by atoms with Gasteiger partial charge in [-0.25, -0.2) is 14.4 Å². The first-order chi connectivity index (χ1) is 17.1. The molecule has 11 heteroatoms. The summed E-state index contributed by atoms with van der Waals surface area (Å²) in [6.07, 6.45) is 5.35. The molecule has 3 rings (SSSR count). The molecule has 36 heavy (non-hydrogen) atoms. The highest BCUT2D eigenvalue weighted by atomic mass is 35.5. The molecule has 1 aliphatic heterocycles. The summed E-state index contributed by atoms with van der Waals surface area (Å²) in [6, 6.07) is 7.35. The lowest BCUT2D eigenvalue weighted by Crippen LogP contribution is -2.28. The van der Waals surface area contributed by atoms with Crippen molar-refractivity contribution in [3.05, 3.63) is 39.7 Å². The summed E-state index contributed by atoms with van der Waals surface area (Å²) >= 11 is 7.43. The number of halogens is 1. The number of thiophene rings is 1. The van der Waals surface area contributed by atoms with Gasteiger partial charge in [0, 0.05) is 28.4 Å². The lowest BCUT2D eigenvalue weighted by Gasteiger charge is -2.19. The van der Waals surface area contributed by atoms with Crippen LogP contribution in [0, 0.1) is 6.92 Å². The fourth-order valence-electron chi connectivity index (χ4n) is 3.80. The van der Waals surface area contributed by atoms with Gasteiger partial charge in [-0.05, 0) is 57.5 Å². The first-order valence-electron chi connectivity index (χ1n) is 11.7. The maximum absolute atomic E-state index is 12.8. The predicted octanol–water partition coefficient (Wildman–Crippen LogP) is 4.91. The fraction of sp³-hybridized carbons (Fsp3) is 0.440. The number of aryl methyl sites for hydroxylation is 1. The Labute approximate surface area is 219 Å². The number of rotatable bonds is 7. The lowest BCUT2D eigenvalue weighted by atomic mass is 10.0. The molecule has 0 bridgehead atoms. The maximum atomic E-state index is 12.8. The molecule has 9 nitrogen and oxygen atoms in total. The van der Waals surface area contributed by atoms with E-state index in [2.05, 4.69) is 10.2 Å². The van der Waals surface area contributed by atoms with Gasteiger partial charge in [0.05, 0.1) is 6.61 Å². The molecule has 2 heterocycles. The van der Waals surface area contributed by atoms with Crippen LogP contribution in [0.25, 0.3) is 11.1 Å². The normalized spacial score (nSPS) is 13.6. The van der Waals surface area contributed by atoms with Crippen LogP contribution in [0.5, 0.6) is 0 Å². The van der Waals surface area contributed by atoms with Crippen molar-refractivity contribution in [2.24, 2.45) is 0 Å². The molecule has 1 fully saturated rings. The Morgan fingerprint density at radius 3 is 2.14 bits per heavy atom. The Bertz CT molecular complexity index is 1050. The number of anilines is 1. The van der Waals surface area contributed by atoms with E-state index in [0.717, 1.165) is 35.6 Å². The molecule has 1 aromatic carbocycles. The van der Waals surface area contributed by atoms with Crippen LogP contribution < -0.4 is 5.32 Å². The van der Waals surface area contributed by atoms with Gasteiger partial charge in [-0.1, -0.05) is 36.6 Å². The number of carboxylic acid groups (broad SMARTS) is 2. The van der Waals surface area contributed by atoms with Gasteiger partial charge in [0.1, 0.15) is 10.6 Å². The molecular weight excluding hydrogens is 508 g/mol. The second-order valence-corrected chi connectivity index (χ2v) is 9.79. The lowest BCUT2D eigenvalue weighted by molar-refractivity contribution is -0.159. The summed E-state index contributed by atoms with van der Waals surface area (Å²) in [4.78, 5) is 46.9. The van der Waals surface area contributed by atoms with Crippen LogP contribution >= 0.6 is 22.9 Å². The van der Waals surface area contributed by atoms with Crippen molar-refractivity contribution < 1.29 is 34.1 Å². The molecule has 1 amide bonds. The second kappa shape index (κ2) is 14.6. The minimum Gasteiger partial charge on any atom is -0.473 e. The van der Waals surface area contributed by atoms with E-state index in [1.807, 2.05) is 19.1 Å². The molecule has 0 aliphatic carbocycles. The van der Waals surface area contributed by atoms with Gasteiger partial charge in [0.2, 0.25) is 5.91 Å². The van der Waals surface area contributed by atoms with E-state index >= 15 is 0 Å². The Morgan fingerprint density at radius 2 is 1.61 bits per heavy atom. The number of ether oxygens (including phenoxy) is 1. The van der Waals surface area contributed by atoms with E-state index in [0.29, 0.717) is 22.0 Å². The molecule has 196 valence electrons. The van der Waals surface area contributed by atoms with Gasteiger partial charge in [-0.15, -0.1) is 11.3 Å². The van der Waals surface area contributed by atoms with Crippen LogP contribution in [0.4, 0.5) is 5.00 Å². The number of hydrogen-bond acceptors (Lipinski definition) is 7. The number of nitrogens with zero attached hydrogens (tertiary/aromatic N) is 1. The molecular formula is C25H31ClN2O7S. The SMILES string of the molecule is CCOC(=O)c1c(NC(=O)CCN2CCCCCC2)sc(C)c1-c1ccc(Cl)cc1.O=C(O)C(=O)O. The Hall–Kier alpha value is -2.95. The number of amides is 1. The van der Waals surface area contributed by atoms with Gasteiger partial charge in [-0.3, -0.25) is 4.79 Å². The molecule has 2 aromatic rings. The van der Waals surface area contributed by atoms with Crippen molar-refractivity contribution in [2.75, 3.05) is 31.6 Å². The summed E-state index contributed by atoms with van der Waals surface area (Å²) in [7, 11) is 0. The number of aliphatic carboxylic acids is 2. The van der Waals surface area contributed by atoms with Crippen molar-refractivity contribution in [3.8, 4) is 11.1 Å². The standard InChI is InChI=1S/C23H29ClN2O3S.C2H2O4/c1-3-29-23(28)21-20(17-8-10-18(24)11-9-17)16(2)30-22(21)25-19(27)12-15-26-13-6-4-5-7-14-26;3-1(4)2(5)6/h8-11H,3-7,12-15H2,1-2H3,(H,25,27);(H,3,4)(H,5,6). The van der Waals surface area contributed by atoms with E-state index in [-0.39, 0.29) is 12.5 Å². The maximum Gasteiger partial charge on any atom is 0.414 e. The minimum absolute atomic E-state index is 0.0753. The van der Waals surface area contributed by atoms with Crippen LogP contribution in [-0.4, -0.2) is 65.2 Å². The van der Waals surface area contributed by atoms with Gasteiger partial charge in [0.25, 0.3) is 0 Å². The number of likely N-dealkylation sites (tertiary alicyclic amines) is 1. The third-order valence-electron chi connectivity index (χ3n) is 5.49. The highest BCUT2D eigenvalue weighted by Crippen LogP contribution is 2.40. The summed E-state index contributed by atoms with van der Waals surface area (Å²) in [5.41, 5.74) is 2.09. The molecule has 0 saturated carbocycles. The van der Waals surface area contributed by atoms with Crippen molar-refractivity contribution in [1.82, 2.24) is 4.90 Å². The highest BCUT2D eigenvalue weighted by molar-refractivity contribution is 7.17. The van der Waals surface area contributed by atoms with Crippen LogP contribution in [0.2, 0.25) is 5.02 Å². The van der Waals surface area contributed by atoms with Crippen LogP contribution in [0.3, 0.4) is 0 Å². The Balaban J connectivity index is 0.000000678. The molecule has 0 atom stereocenters. The highest BCUT2D eigenvalue weighted by Gasteiger charge is 2.25. The quantitative estimate of drug-likeness (QED) is 0.334. The van der Waals surface area contributed by atoms with E-state index in [1.165, 1.54) is 37.0 Å². The molecule has 0 spiro atoms. The van der Waals surface area contributed by atoms with Crippen molar-refractivity contribution in [2.45, 2.75) is 46.0 Å². The molecule has 0 unspecified atom stereocenters. The van der Waals surface area contributed by atoms with Gasteiger partial charge in [-0.2, -0.15) is 0 Å². The Morgan fingerprint density at radius 1 is 1.03 bits per heavy atom. The van der Waals surface area contributed by atoms with E-state index in [9.17, 15) is 9.59 Å². The summed E-state index contributed by atoms with van der Waals surface area (Å²) in [5.74, 6) is -4.15. The molecule has 0 radical (unpaired) electrons. The number of carboxylic acids is 2. The summed E-state index contributed by atoms with van der Waals surface area (Å²) in [5, 5.41) is 18.9. The van der Waals surface area contributed by atoms with Crippen LogP contribution in [0.15, 0.2) is 24.3 Å². The third-order valence-corrected chi connectivity index (χ3v) is 6.76. The molecule has 1 aromatic heterocycles. The number of carbonyl (C=O) groups is 4. The van der Waals surface area contributed by atoms with E-state index in [1.54, 1.807) is 19.1 Å². The predicted molar refractivity (Wildman–Crippen MR) is 139 cm³/mol. The van der Waals surface area contributed by atoms with Crippen molar-refractivity contribution in [1.29, 1.82) is 0 Å². The van der Waals surface area contributed by atoms with Crippen molar-refractivity contribution in [3.63, 3.8) is 0 Å². The zero-order chi connectivity index (χ0) is 26.7. The zero-order valence-electron chi connectivity index (χ0n) is 20.3. The first-order valence-corrected chi connectivity index (χ1v) is 12.9. The number of nitrogens with one attached hydrogen (secondary N) is 1. The van der Waals surface area contributed by atoms with Crippen molar-refractivity contribution >= 4 is 51.8 Å². The average Bonchev–Trinajstić information content (AvgIpc) is 2.98. The number of carbonyl (C=O) groups excluding carboxylic acids is 2. The van der Waals surface area contributed by atoms with Gasteiger partial charge >= 0.3 is 17.9 Å². The minimum atomic E-state index is -1.82. The smallest absolute Gasteiger partial charge is 0.414 e. The number of benzene rings is 1. The van der Waals surface area contributed by atoms with Gasteiger partial charge in [0.15, 0.2) is 0 Å². The topological polar surface area (TPSA) is 133 Å². The van der Waals surface area contributed by atoms with E-state index < -0.39 is 17.9 Å². The molecule has 1 saturated heterocycles. The molecule has 3 N–H and O–H groups in total. The zero-order valence-corrected chi connectivity index (χ0v) is 21.9. The summed E-state index contributed by atoms with van der Waals surface area (Å²) < 4.78 is 5.30. The summed E-state index contributed by atoms with van der Waals surface area (Å²) in [6.45, 7) is 6.86. The van der Waals surface area contributed by atoms with Crippen LogP contribution in [-0.2, 0) is 19.1 Å². The number of esters is 1. The monoisotopic (exact) mass is 538 g/mol. The second-order valence-electron chi connectivity index (χ2n) is 8.13. The molecule has 1 aliphatic rings. The first kappa shape index (κ1) is 29.3. The number of hydrogen-bond donors (Lipinski definition) is 3. The average molecular weight is 539 g/mol. The van der Waals surface area contributed by atoms with E-state index in [4.69, 9.17) is 36.1 Å².